The number of hydrogen-bond acceptors (Lipinski definition) is 0. The second kappa shape index (κ2) is 25.0. The molecule has 0 atom stereocenters. The van der Waals surface area contributed by atoms with Gasteiger partial charge >= 0.3 is 0 Å². The zero-order chi connectivity index (χ0) is 71.9. The van der Waals surface area contributed by atoms with E-state index in [0.717, 1.165) is 25.7 Å². The second-order valence-corrected chi connectivity index (χ2v) is 31.0. The standard InChI is InChI=1S/C108H78/c1-67-37-49-79(50-38-67)108(80-51-39-68(2)40-52-80)101-62-70(4)42-54-86(101)98-65-100-97(66-102(98)108)85-53-41-69(3)61-99(85)107(100,59-57-73-47-55-95(83-27-11-9-25-81(73)83)105-91-33-17-13-29-87(91)103(88-30-14-18-34-92(88)105)77-45-43-71-21-5-7-23-75(71)63-77)60-58-74-48-56-96(84-28-12-10-26-82(74)84)106-93-35-19-15-31-89(93)104(90-32-16-20-36-94(90)106)78-46-44-72-22-6-8-24-76(72)64-78/h5-56,61-66H,57-60H2,1-4H3. The van der Waals surface area contributed by atoms with Crippen LogP contribution in [0.4, 0.5) is 0 Å². The van der Waals surface area contributed by atoms with Gasteiger partial charge in [-0.1, -0.05) is 350 Å². The van der Waals surface area contributed by atoms with E-state index in [2.05, 4.69) is 380 Å². The highest BCUT2D eigenvalue weighted by atomic mass is 14.5. The van der Waals surface area contributed by atoms with Crippen molar-refractivity contribution in [2.75, 3.05) is 0 Å². The Hall–Kier alpha value is -12.7. The number of benzene rings is 19. The lowest BCUT2D eigenvalue weighted by Gasteiger charge is -2.35. The van der Waals surface area contributed by atoms with E-state index in [-0.39, 0.29) is 0 Å². The quantitative estimate of drug-likeness (QED) is 0.107. The molecule has 0 heteroatoms. The van der Waals surface area contributed by atoms with Crippen LogP contribution in [0.15, 0.2) is 352 Å². The smallest absolute Gasteiger partial charge is 0.0616 e. The number of fused-ring (bicyclic) bond motifs is 14. The second-order valence-electron chi connectivity index (χ2n) is 31.0. The highest BCUT2D eigenvalue weighted by Gasteiger charge is 2.50. The molecule has 0 aliphatic heterocycles. The monoisotopic (exact) mass is 1370 g/mol. The fraction of sp³-hybridized carbons (Fsp3) is 0.0926. The summed E-state index contributed by atoms with van der Waals surface area (Å²) in [6.45, 7) is 9.02. The molecule has 0 saturated heterocycles. The Labute approximate surface area is 631 Å². The van der Waals surface area contributed by atoms with Crippen LogP contribution in [0.5, 0.6) is 0 Å². The molecule has 0 unspecified atom stereocenters. The summed E-state index contributed by atoms with van der Waals surface area (Å²) in [7, 11) is 0. The Morgan fingerprint density at radius 2 is 0.509 bits per heavy atom. The van der Waals surface area contributed by atoms with E-state index in [0.29, 0.717) is 0 Å². The molecular weight excluding hydrogens is 1300 g/mol. The first kappa shape index (κ1) is 63.7. The third-order valence-corrected chi connectivity index (χ3v) is 25.0. The Balaban J connectivity index is 0.754. The first-order chi connectivity index (χ1) is 53.2. The molecule has 0 fully saturated rings. The zero-order valence-electron chi connectivity index (χ0n) is 61.3. The van der Waals surface area contributed by atoms with Crippen LogP contribution in [0.3, 0.4) is 0 Å². The summed E-state index contributed by atoms with van der Waals surface area (Å²) in [5, 5.41) is 20.3. The minimum absolute atomic E-state index is 0.412. The molecule has 2 aliphatic rings. The number of aryl methyl sites for hydroxylation is 6. The lowest BCUT2D eigenvalue weighted by atomic mass is 9.66. The van der Waals surface area contributed by atoms with Crippen molar-refractivity contribution < 1.29 is 0 Å². The minimum Gasteiger partial charge on any atom is -0.0616 e. The van der Waals surface area contributed by atoms with Crippen LogP contribution in [-0.2, 0) is 23.7 Å². The SMILES string of the molecule is Cc1ccc(C2(c3ccc(C)cc3)c3cc(C)ccc3-c3cc4c(cc32)-c2ccc(C)cc2C4(CCc2ccc(-c3c4ccccc4c(-c4ccc5ccccc5c4)c4ccccc34)c3ccccc23)CCc2ccc(-c3c4ccccc4c(-c4ccc5ccccc5c4)c4ccccc34)c3ccccc23)cc1. The summed E-state index contributed by atoms with van der Waals surface area (Å²) < 4.78 is 0. The average Bonchev–Trinajstić information content (AvgIpc) is 1.51. The van der Waals surface area contributed by atoms with Gasteiger partial charge in [-0.05, 0) is 275 Å². The average molecular weight is 1380 g/mol. The van der Waals surface area contributed by atoms with Crippen LogP contribution in [0, 0.1) is 27.7 Å². The molecule has 0 radical (unpaired) electrons. The molecule has 0 amide bonds. The molecular formula is C108H78. The summed E-state index contributed by atoms with van der Waals surface area (Å²) in [4.78, 5) is 0. The van der Waals surface area contributed by atoms with Crippen LogP contribution < -0.4 is 0 Å². The fourth-order valence-electron chi connectivity index (χ4n) is 20.0. The molecule has 0 nitrogen and oxygen atoms in total. The maximum Gasteiger partial charge on any atom is 0.0713 e. The largest absolute Gasteiger partial charge is 0.0713 e. The van der Waals surface area contributed by atoms with E-state index < -0.39 is 10.8 Å². The molecule has 510 valence electrons. The van der Waals surface area contributed by atoms with Gasteiger partial charge < -0.3 is 0 Å². The molecule has 19 aromatic rings. The first-order valence-corrected chi connectivity index (χ1v) is 38.6. The van der Waals surface area contributed by atoms with E-state index in [9.17, 15) is 0 Å². The Bertz CT molecular complexity index is 6510. The van der Waals surface area contributed by atoms with E-state index >= 15 is 0 Å². The van der Waals surface area contributed by atoms with Crippen molar-refractivity contribution in [2.45, 2.75) is 64.2 Å². The fourth-order valence-corrected chi connectivity index (χ4v) is 20.0. The van der Waals surface area contributed by atoms with Gasteiger partial charge in [0.1, 0.15) is 0 Å². The summed E-state index contributed by atoms with van der Waals surface area (Å²) >= 11 is 0. The van der Waals surface area contributed by atoms with Gasteiger partial charge in [-0.15, -0.1) is 0 Å². The van der Waals surface area contributed by atoms with Crippen LogP contribution in [0.1, 0.15) is 79.6 Å². The van der Waals surface area contributed by atoms with Crippen LogP contribution in [0.2, 0.25) is 0 Å². The van der Waals surface area contributed by atoms with Gasteiger partial charge in [-0.3, -0.25) is 0 Å². The highest BCUT2D eigenvalue weighted by molar-refractivity contribution is 6.26. The molecule has 0 bridgehead atoms. The molecule has 0 N–H and O–H groups in total. The van der Waals surface area contributed by atoms with Gasteiger partial charge in [-0.25, -0.2) is 0 Å². The number of hydrogen-bond donors (Lipinski definition) is 0. The minimum atomic E-state index is -0.564. The topological polar surface area (TPSA) is 0 Å². The van der Waals surface area contributed by atoms with Crippen molar-refractivity contribution in [1.29, 1.82) is 0 Å². The van der Waals surface area contributed by atoms with Crippen molar-refractivity contribution in [3.05, 3.63) is 419 Å². The Morgan fingerprint density at radius 1 is 0.204 bits per heavy atom. The first-order valence-electron chi connectivity index (χ1n) is 38.6. The molecule has 21 rings (SSSR count). The van der Waals surface area contributed by atoms with Gasteiger partial charge in [0.2, 0.25) is 0 Å². The number of rotatable bonds is 12. The lowest BCUT2D eigenvalue weighted by Crippen LogP contribution is -2.29. The predicted octanol–water partition coefficient (Wildman–Crippen LogP) is 28.7. The molecule has 0 heterocycles. The van der Waals surface area contributed by atoms with Crippen LogP contribution >= 0.6 is 0 Å². The Morgan fingerprint density at radius 3 is 0.935 bits per heavy atom. The van der Waals surface area contributed by atoms with Crippen molar-refractivity contribution in [3.63, 3.8) is 0 Å². The van der Waals surface area contributed by atoms with Crippen molar-refractivity contribution in [2.24, 2.45) is 0 Å². The van der Waals surface area contributed by atoms with E-state index in [1.807, 2.05) is 0 Å². The normalized spacial score (nSPS) is 13.3. The zero-order valence-corrected chi connectivity index (χ0v) is 61.3. The van der Waals surface area contributed by atoms with Crippen molar-refractivity contribution in [1.82, 2.24) is 0 Å². The molecule has 19 aromatic carbocycles. The molecule has 0 saturated carbocycles. The Kier molecular flexibility index (Phi) is 14.7. The molecule has 2 aliphatic carbocycles. The lowest BCUT2D eigenvalue weighted by molar-refractivity contribution is 0.447. The van der Waals surface area contributed by atoms with Crippen LogP contribution in [0.25, 0.3) is 153 Å². The molecule has 0 aromatic heterocycles. The highest BCUT2D eigenvalue weighted by Crippen LogP contribution is 2.63. The van der Waals surface area contributed by atoms with Crippen molar-refractivity contribution in [3.8, 4) is 66.8 Å². The summed E-state index contributed by atoms with van der Waals surface area (Å²) in [6.07, 6.45) is 3.55. The van der Waals surface area contributed by atoms with Crippen LogP contribution in [-0.4, -0.2) is 0 Å². The van der Waals surface area contributed by atoms with Gasteiger partial charge in [0, 0.05) is 5.41 Å². The predicted molar refractivity (Wildman–Crippen MR) is 460 cm³/mol. The van der Waals surface area contributed by atoms with E-state index in [1.165, 1.54) is 220 Å². The van der Waals surface area contributed by atoms with Gasteiger partial charge in [0.15, 0.2) is 0 Å². The van der Waals surface area contributed by atoms with E-state index in [4.69, 9.17) is 0 Å². The molecule has 0 spiro atoms. The third kappa shape index (κ3) is 9.76. The van der Waals surface area contributed by atoms with Gasteiger partial charge in [0.25, 0.3) is 0 Å². The molecule has 108 heavy (non-hydrogen) atoms. The maximum atomic E-state index is 2.72. The van der Waals surface area contributed by atoms with E-state index in [1.54, 1.807) is 0 Å². The maximum absolute atomic E-state index is 2.72. The third-order valence-electron chi connectivity index (χ3n) is 25.0. The summed E-state index contributed by atoms with van der Waals surface area (Å²) in [6, 6.07) is 136. The van der Waals surface area contributed by atoms with Crippen molar-refractivity contribution >= 4 is 86.2 Å². The summed E-state index contributed by atoms with van der Waals surface area (Å²) in [5.41, 5.74) is 30.5. The summed E-state index contributed by atoms with van der Waals surface area (Å²) in [5.74, 6) is 0. The van der Waals surface area contributed by atoms with Gasteiger partial charge in [-0.2, -0.15) is 0 Å². The van der Waals surface area contributed by atoms with Gasteiger partial charge in [0.05, 0.1) is 5.41 Å².